The molecular formula is C50H43N. The lowest BCUT2D eigenvalue weighted by atomic mass is 9.63. The van der Waals surface area contributed by atoms with Crippen LogP contribution in [0.4, 0.5) is 0 Å². The molecule has 0 saturated heterocycles. The fraction of sp³-hybridized carbons (Fsp3) is 0.200. The molecule has 5 aliphatic carbocycles. The Labute approximate surface area is 302 Å². The third-order valence-electron chi connectivity index (χ3n) is 12.2. The molecule has 6 atom stereocenters. The number of aromatic nitrogens is 1. The molecule has 4 aromatic carbocycles. The van der Waals surface area contributed by atoms with Gasteiger partial charge in [-0.15, -0.1) is 0 Å². The van der Waals surface area contributed by atoms with Gasteiger partial charge in [-0.05, 0) is 94.8 Å². The molecule has 0 N–H and O–H groups in total. The first kappa shape index (κ1) is 30.4. The highest BCUT2D eigenvalue weighted by molar-refractivity contribution is 5.92. The first-order valence-electron chi connectivity index (χ1n) is 19.0. The molecule has 51 heavy (non-hydrogen) atoms. The fourth-order valence-corrected chi connectivity index (χ4v) is 9.67. The number of rotatable bonds is 5. The van der Waals surface area contributed by atoms with Gasteiger partial charge in [0.25, 0.3) is 0 Å². The maximum atomic E-state index is 2.60. The van der Waals surface area contributed by atoms with Crippen LogP contribution in [-0.4, -0.2) is 4.57 Å². The second-order valence-electron chi connectivity index (χ2n) is 15.1. The van der Waals surface area contributed by atoms with E-state index < -0.39 is 0 Å². The van der Waals surface area contributed by atoms with Gasteiger partial charge in [-0.25, -0.2) is 0 Å². The predicted molar refractivity (Wildman–Crippen MR) is 214 cm³/mol. The van der Waals surface area contributed by atoms with Crippen LogP contribution in [0.1, 0.15) is 99.9 Å². The smallest absolute Gasteiger partial charge is 0.0537 e. The standard InChI is InChI=1S/C50H43N/c1-4-13-34(14-5-1)37-23-25-38(26-24-37)45-33-41-28-30-48-50(49(41)46-32-40(27-29-43(45)46)36-17-8-3-9-18-36)44-21-10-11-22-47(44)51(48)42-20-12-19-39(31-42)35-15-6-2-7-16-35/h1-13,15,17,19-32,34-36,41,45,49H,14,16,18,33H2. The molecule has 5 aromatic rings. The van der Waals surface area contributed by atoms with Gasteiger partial charge >= 0.3 is 0 Å². The Kier molecular flexibility index (Phi) is 7.60. The highest BCUT2D eigenvalue weighted by Crippen LogP contribution is 2.54. The molecule has 6 unspecified atom stereocenters. The van der Waals surface area contributed by atoms with E-state index in [0.29, 0.717) is 35.5 Å². The van der Waals surface area contributed by atoms with Crippen LogP contribution in [0.3, 0.4) is 0 Å². The van der Waals surface area contributed by atoms with Crippen molar-refractivity contribution in [3.8, 4) is 5.69 Å². The molecule has 1 heterocycles. The number of allylic oxidation sites excluding steroid dienone is 13. The Bertz CT molecular complexity index is 2350. The number of nitrogens with zero attached hydrogens (tertiary/aromatic N) is 1. The average Bonchev–Trinajstić information content (AvgIpc) is 3.56. The highest BCUT2D eigenvalue weighted by atomic mass is 15.0. The Hall–Kier alpha value is -5.40. The van der Waals surface area contributed by atoms with Crippen molar-refractivity contribution < 1.29 is 0 Å². The first-order valence-corrected chi connectivity index (χ1v) is 19.0. The van der Waals surface area contributed by atoms with Gasteiger partial charge in [0.15, 0.2) is 0 Å². The minimum atomic E-state index is 0.304. The van der Waals surface area contributed by atoms with Crippen LogP contribution < -0.4 is 0 Å². The lowest BCUT2D eigenvalue weighted by molar-refractivity contribution is 0.456. The van der Waals surface area contributed by atoms with Crippen LogP contribution >= 0.6 is 0 Å². The van der Waals surface area contributed by atoms with Crippen molar-refractivity contribution in [1.29, 1.82) is 0 Å². The van der Waals surface area contributed by atoms with E-state index in [1.807, 2.05) is 0 Å². The Morgan fingerprint density at radius 2 is 1.16 bits per heavy atom. The van der Waals surface area contributed by atoms with Crippen molar-refractivity contribution in [2.24, 2.45) is 5.92 Å². The molecule has 0 saturated carbocycles. The van der Waals surface area contributed by atoms with Gasteiger partial charge in [-0.1, -0.05) is 152 Å². The molecule has 0 radical (unpaired) electrons. The zero-order valence-corrected chi connectivity index (χ0v) is 29.0. The molecule has 248 valence electrons. The van der Waals surface area contributed by atoms with E-state index in [1.54, 1.807) is 0 Å². The van der Waals surface area contributed by atoms with E-state index >= 15 is 0 Å². The van der Waals surface area contributed by atoms with Gasteiger partial charge in [0.2, 0.25) is 0 Å². The Morgan fingerprint density at radius 3 is 1.86 bits per heavy atom. The van der Waals surface area contributed by atoms with Crippen LogP contribution in [0, 0.1) is 5.92 Å². The van der Waals surface area contributed by atoms with Crippen LogP contribution in [0.2, 0.25) is 0 Å². The number of hydrogen-bond donors (Lipinski definition) is 0. The first-order chi connectivity index (χ1) is 25.3. The van der Waals surface area contributed by atoms with E-state index in [1.165, 1.54) is 61.2 Å². The van der Waals surface area contributed by atoms with Crippen LogP contribution in [0.25, 0.3) is 22.7 Å². The summed E-state index contributed by atoms with van der Waals surface area (Å²) in [5.74, 6) is 2.40. The van der Waals surface area contributed by atoms with E-state index in [9.17, 15) is 0 Å². The summed E-state index contributed by atoms with van der Waals surface area (Å²) < 4.78 is 2.54. The molecule has 10 rings (SSSR count). The molecule has 1 aromatic heterocycles. The van der Waals surface area contributed by atoms with Crippen molar-refractivity contribution >= 4 is 17.0 Å². The third kappa shape index (κ3) is 5.30. The summed E-state index contributed by atoms with van der Waals surface area (Å²) in [6.45, 7) is 0. The summed E-state index contributed by atoms with van der Waals surface area (Å²) >= 11 is 0. The molecule has 0 spiro atoms. The van der Waals surface area contributed by atoms with Gasteiger partial charge < -0.3 is 4.57 Å². The normalized spacial score (nSPS) is 25.6. The molecule has 5 aliphatic rings. The second-order valence-corrected chi connectivity index (χ2v) is 15.1. The van der Waals surface area contributed by atoms with E-state index in [4.69, 9.17) is 0 Å². The van der Waals surface area contributed by atoms with Crippen molar-refractivity contribution in [2.75, 3.05) is 0 Å². The molecular weight excluding hydrogens is 615 g/mol. The quantitative estimate of drug-likeness (QED) is 0.177. The lowest BCUT2D eigenvalue weighted by Crippen LogP contribution is -2.27. The summed E-state index contributed by atoms with van der Waals surface area (Å²) in [6.07, 6.45) is 36.4. The molecule has 0 bridgehead atoms. The summed E-state index contributed by atoms with van der Waals surface area (Å²) in [5, 5.41) is 1.38. The number of para-hydroxylation sites is 1. The molecule has 0 fully saturated rings. The minimum Gasteiger partial charge on any atom is -0.310 e. The van der Waals surface area contributed by atoms with E-state index in [2.05, 4.69) is 181 Å². The predicted octanol–water partition coefficient (Wildman–Crippen LogP) is 12.7. The van der Waals surface area contributed by atoms with E-state index in [-0.39, 0.29) is 0 Å². The third-order valence-corrected chi connectivity index (χ3v) is 12.2. The van der Waals surface area contributed by atoms with Crippen molar-refractivity contribution in [3.63, 3.8) is 0 Å². The zero-order chi connectivity index (χ0) is 33.7. The average molecular weight is 658 g/mol. The summed E-state index contributed by atoms with van der Waals surface area (Å²) in [7, 11) is 0. The summed E-state index contributed by atoms with van der Waals surface area (Å²) in [6, 6.07) is 35.6. The van der Waals surface area contributed by atoms with Gasteiger partial charge in [0.05, 0.1) is 11.2 Å². The zero-order valence-electron chi connectivity index (χ0n) is 29.0. The fourth-order valence-electron chi connectivity index (χ4n) is 9.67. The Morgan fingerprint density at radius 1 is 0.510 bits per heavy atom. The summed E-state index contributed by atoms with van der Waals surface area (Å²) in [5.41, 5.74) is 14.1. The maximum absolute atomic E-state index is 2.60. The van der Waals surface area contributed by atoms with Crippen LogP contribution in [0.5, 0.6) is 0 Å². The summed E-state index contributed by atoms with van der Waals surface area (Å²) in [4.78, 5) is 0. The van der Waals surface area contributed by atoms with Gasteiger partial charge in [-0.3, -0.25) is 0 Å². The molecule has 1 nitrogen and oxygen atoms in total. The monoisotopic (exact) mass is 657 g/mol. The molecule has 0 aliphatic heterocycles. The van der Waals surface area contributed by atoms with Crippen molar-refractivity contribution in [2.45, 2.75) is 55.3 Å². The van der Waals surface area contributed by atoms with Crippen LogP contribution in [0.15, 0.2) is 170 Å². The van der Waals surface area contributed by atoms with Crippen LogP contribution in [-0.2, 0) is 0 Å². The van der Waals surface area contributed by atoms with Crippen molar-refractivity contribution in [3.05, 3.63) is 215 Å². The maximum Gasteiger partial charge on any atom is 0.0537 e. The highest BCUT2D eigenvalue weighted by Gasteiger charge is 2.40. The van der Waals surface area contributed by atoms with Crippen molar-refractivity contribution in [1.82, 2.24) is 4.57 Å². The topological polar surface area (TPSA) is 4.93 Å². The number of benzene rings is 4. The van der Waals surface area contributed by atoms with Gasteiger partial charge in [0, 0.05) is 40.7 Å². The Balaban J connectivity index is 1.11. The van der Waals surface area contributed by atoms with E-state index in [0.717, 1.165) is 25.7 Å². The SMILES string of the molecule is C1=CCC(c2ccc(C3CC4C=Cc5c(c6ccccc6n5-c5cccc(C6C=CC=CC6)c5)C4c4cc(C5C=CC=CC5)ccc43)cc2)C=C1. The molecule has 1 heteroatoms. The lowest BCUT2D eigenvalue weighted by Gasteiger charge is -2.40. The van der Waals surface area contributed by atoms with Gasteiger partial charge in [-0.2, -0.15) is 0 Å². The molecule has 0 amide bonds. The second kappa shape index (κ2) is 12.7. The van der Waals surface area contributed by atoms with Gasteiger partial charge in [0.1, 0.15) is 0 Å². The largest absolute Gasteiger partial charge is 0.310 e. The number of hydrogen-bond acceptors (Lipinski definition) is 0. The minimum absolute atomic E-state index is 0.304. The number of fused-ring (bicyclic) bond motifs is 7.